The van der Waals surface area contributed by atoms with E-state index in [1.807, 2.05) is 18.2 Å². The molecule has 0 amide bonds. The van der Waals surface area contributed by atoms with E-state index in [9.17, 15) is 14.7 Å². The maximum Gasteiger partial charge on any atom is 0.338 e. The highest BCUT2D eigenvalue weighted by Gasteiger charge is 2.72. The van der Waals surface area contributed by atoms with Crippen LogP contribution in [0.2, 0.25) is 0 Å². The molecule has 4 aliphatic carbocycles. The Hall–Kier alpha value is -1.68. The van der Waals surface area contributed by atoms with Crippen molar-refractivity contribution in [2.75, 3.05) is 6.61 Å². The molecule has 7 atom stereocenters. The Morgan fingerprint density at radius 3 is 2.55 bits per heavy atom. The topological polar surface area (TPSA) is 63.6 Å². The van der Waals surface area contributed by atoms with Crippen molar-refractivity contribution in [3.63, 3.8) is 0 Å². The normalized spacial score (nSPS) is 46.2. The third kappa shape index (κ3) is 2.83. The maximum absolute atomic E-state index is 13.1. The van der Waals surface area contributed by atoms with Crippen molar-refractivity contribution in [2.24, 2.45) is 33.5 Å². The number of carbonyl (C=O) groups excluding carboxylic acids is 2. The lowest BCUT2D eigenvalue weighted by Crippen LogP contribution is -2.65. The third-order valence-electron chi connectivity index (χ3n) is 10.3. The molecule has 4 fully saturated rings. The van der Waals surface area contributed by atoms with E-state index >= 15 is 0 Å². The van der Waals surface area contributed by atoms with Crippen LogP contribution in [0.25, 0.3) is 0 Å². The molecule has 4 heteroatoms. The minimum atomic E-state index is -0.284. The first-order chi connectivity index (χ1) is 14.7. The molecule has 0 unspecified atom stereocenters. The van der Waals surface area contributed by atoms with Crippen molar-refractivity contribution in [2.45, 2.75) is 78.2 Å². The van der Waals surface area contributed by atoms with Gasteiger partial charge in [-0.3, -0.25) is 4.79 Å². The summed E-state index contributed by atoms with van der Waals surface area (Å²) in [5.41, 5.74) is 0.192. The molecule has 0 aliphatic heterocycles. The van der Waals surface area contributed by atoms with Crippen LogP contribution in [0.1, 0.15) is 82.5 Å². The van der Waals surface area contributed by atoms with Crippen LogP contribution >= 0.6 is 0 Å². The van der Waals surface area contributed by atoms with Crippen LogP contribution in [0, 0.1) is 33.5 Å². The Kier molecular flexibility index (Phi) is 4.72. The summed E-state index contributed by atoms with van der Waals surface area (Å²) >= 11 is 0. The number of ketones is 1. The second kappa shape index (κ2) is 6.91. The van der Waals surface area contributed by atoms with Gasteiger partial charge in [-0.15, -0.1) is 0 Å². The lowest BCUT2D eigenvalue weighted by molar-refractivity contribution is -0.224. The molecule has 168 valence electrons. The van der Waals surface area contributed by atoms with Crippen molar-refractivity contribution >= 4 is 11.8 Å². The Morgan fingerprint density at radius 1 is 1.10 bits per heavy atom. The summed E-state index contributed by atoms with van der Waals surface area (Å²) in [6.45, 7) is 6.89. The van der Waals surface area contributed by atoms with Crippen LogP contribution in [-0.4, -0.2) is 29.6 Å². The number of aliphatic hydroxyl groups is 1. The predicted molar refractivity (Wildman–Crippen MR) is 118 cm³/mol. The lowest BCUT2D eigenvalue weighted by Gasteiger charge is -2.67. The smallest absolute Gasteiger partial charge is 0.338 e. The van der Waals surface area contributed by atoms with Crippen LogP contribution in [-0.2, 0) is 9.53 Å². The zero-order chi connectivity index (χ0) is 22.1. The van der Waals surface area contributed by atoms with Gasteiger partial charge in [-0.2, -0.15) is 0 Å². The molecular formula is C27H36O4. The van der Waals surface area contributed by atoms with Crippen LogP contribution < -0.4 is 0 Å². The Bertz CT molecular complexity index is 896. The monoisotopic (exact) mass is 424 g/mol. The van der Waals surface area contributed by atoms with E-state index in [4.69, 9.17) is 4.74 Å². The first-order valence-electron chi connectivity index (χ1n) is 12.1. The molecule has 0 aromatic heterocycles. The van der Waals surface area contributed by atoms with Crippen molar-refractivity contribution in [3.8, 4) is 0 Å². The van der Waals surface area contributed by atoms with E-state index in [0.29, 0.717) is 17.8 Å². The van der Waals surface area contributed by atoms with Gasteiger partial charge in [-0.25, -0.2) is 4.79 Å². The number of ether oxygens (including phenoxy) is 1. The molecule has 0 radical (unpaired) electrons. The summed E-state index contributed by atoms with van der Waals surface area (Å²) < 4.78 is 6.26. The molecule has 1 spiro atoms. The number of esters is 1. The molecule has 4 nitrogen and oxygen atoms in total. The van der Waals surface area contributed by atoms with Crippen molar-refractivity contribution < 1.29 is 19.4 Å². The van der Waals surface area contributed by atoms with Gasteiger partial charge in [0.2, 0.25) is 0 Å². The van der Waals surface area contributed by atoms with Crippen LogP contribution in [0.5, 0.6) is 0 Å². The molecule has 1 aromatic rings. The summed E-state index contributed by atoms with van der Waals surface area (Å²) in [6.07, 6.45) is 7.28. The zero-order valence-electron chi connectivity index (χ0n) is 19.2. The van der Waals surface area contributed by atoms with E-state index in [0.717, 1.165) is 44.9 Å². The minimum absolute atomic E-state index is 0.0360. The van der Waals surface area contributed by atoms with E-state index in [1.54, 1.807) is 12.1 Å². The van der Waals surface area contributed by atoms with Gasteiger partial charge in [0, 0.05) is 24.4 Å². The van der Waals surface area contributed by atoms with Gasteiger partial charge in [0.05, 0.1) is 5.56 Å². The summed E-state index contributed by atoms with van der Waals surface area (Å²) in [6, 6.07) is 9.20. The molecule has 31 heavy (non-hydrogen) atoms. The SMILES string of the molecule is C[C@]12CC[C@]3(C1)[C@H](CC2=O)C[C@@H](OC(=O)c1ccccc1)[C@H]1[C@](C)(CO)CCC[C@@]13C. The first kappa shape index (κ1) is 21.2. The highest BCUT2D eigenvalue weighted by atomic mass is 16.5. The molecule has 4 saturated carbocycles. The number of aliphatic hydroxyl groups excluding tert-OH is 1. The van der Waals surface area contributed by atoms with E-state index in [2.05, 4.69) is 20.8 Å². The Labute approximate surface area is 185 Å². The predicted octanol–water partition coefficient (Wildman–Crippen LogP) is 5.19. The molecule has 1 aromatic carbocycles. The number of carbonyl (C=O) groups is 2. The summed E-state index contributed by atoms with van der Waals surface area (Å²) in [5, 5.41) is 10.5. The fourth-order valence-corrected chi connectivity index (χ4v) is 8.73. The molecule has 0 heterocycles. The number of hydrogen-bond donors (Lipinski definition) is 1. The number of fused-ring (bicyclic) bond motifs is 2. The second-order valence-electron chi connectivity index (χ2n) is 11.8. The average molecular weight is 425 g/mol. The van der Waals surface area contributed by atoms with E-state index in [-0.39, 0.29) is 52.2 Å². The standard InChI is InChI=1S/C27H36O4/c1-24-12-13-27(16-24)19(15-21(24)29)14-20(31-23(30)18-8-5-4-6-9-18)22-25(2,17-28)10-7-11-26(22,27)3/h4-6,8-9,19-20,22,28H,7,10-17H2,1-3H3/t19-,20+,22-,24-,25-,26-,27-/m0/s1. The summed E-state index contributed by atoms with van der Waals surface area (Å²) in [5.74, 6) is 0.499. The van der Waals surface area contributed by atoms with E-state index < -0.39 is 0 Å². The second-order valence-corrected chi connectivity index (χ2v) is 11.8. The molecule has 1 N–H and O–H groups in total. The highest BCUT2D eigenvalue weighted by molar-refractivity contribution is 5.89. The fourth-order valence-electron chi connectivity index (χ4n) is 8.73. The van der Waals surface area contributed by atoms with Crippen LogP contribution in [0.15, 0.2) is 30.3 Å². The molecule has 2 bridgehead atoms. The first-order valence-corrected chi connectivity index (χ1v) is 12.1. The van der Waals surface area contributed by atoms with Crippen molar-refractivity contribution in [1.82, 2.24) is 0 Å². The summed E-state index contributed by atoms with van der Waals surface area (Å²) in [7, 11) is 0. The van der Waals surface area contributed by atoms with E-state index in [1.165, 1.54) is 0 Å². The molecule has 4 aliphatic rings. The number of benzene rings is 1. The number of rotatable bonds is 3. The van der Waals surface area contributed by atoms with Crippen molar-refractivity contribution in [1.29, 1.82) is 0 Å². The number of hydrogen-bond acceptors (Lipinski definition) is 4. The van der Waals surface area contributed by atoms with Gasteiger partial charge in [-0.1, -0.05) is 45.4 Å². The van der Waals surface area contributed by atoms with Gasteiger partial charge >= 0.3 is 5.97 Å². The molecular weight excluding hydrogens is 388 g/mol. The van der Waals surface area contributed by atoms with Gasteiger partial charge in [0.1, 0.15) is 11.9 Å². The molecule has 0 saturated heterocycles. The average Bonchev–Trinajstić information content (AvgIpc) is 3.08. The van der Waals surface area contributed by atoms with Crippen LogP contribution in [0.3, 0.4) is 0 Å². The van der Waals surface area contributed by atoms with Gasteiger partial charge in [0.15, 0.2) is 0 Å². The van der Waals surface area contributed by atoms with Gasteiger partial charge in [-0.05, 0) is 72.8 Å². The Balaban J connectivity index is 1.57. The maximum atomic E-state index is 13.1. The van der Waals surface area contributed by atoms with Crippen molar-refractivity contribution in [3.05, 3.63) is 35.9 Å². The third-order valence-corrected chi connectivity index (χ3v) is 10.3. The van der Waals surface area contributed by atoms with Gasteiger partial charge < -0.3 is 9.84 Å². The fraction of sp³-hybridized carbons (Fsp3) is 0.704. The molecule has 5 rings (SSSR count). The minimum Gasteiger partial charge on any atom is -0.458 e. The largest absolute Gasteiger partial charge is 0.458 e. The van der Waals surface area contributed by atoms with Crippen LogP contribution in [0.4, 0.5) is 0 Å². The zero-order valence-corrected chi connectivity index (χ0v) is 19.2. The number of Topliss-reactive ketones (excluding diaryl/α,β-unsaturated/α-hetero) is 1. The quantitative estimate of drug-likeness (QED) is 0.679. The Morgan fingerprint density at radius 2 is 1.84 bits per heavy atom. The summed E-state index contributed by atoms with van der Waals surface area (Å²) in [4.78, 5) is 26.1. The highest BCUT2D eigenvalue weighted by Crippen LogP contribution is 2.75. The lowest BCUT2D eigenvalue weighted by atomic mass is 9.37. The van der Waals surface area contributed by atoms with Gasteiger partial charge in [0.25, 0.3) is 0 Å².